The quantitative estimate of drug-likeness (QED) is 0.504. The molecular formula is C18H14Cl2N4O2. The van der Waals surface area contributed by atoms with Crippen LogP contribution in [0.3, 0.4) is 0 Å². The molecule has 3 aromatic rings. The van der Waals surface area contributed by atoms with Crippen LogP contribution in [0, 0.1) is 17.0 Å². The van der Waals surface area contributed by atoms with E-state index in [2.05, 4.69) is 5.32 Å². The second kappa shape index (κ2) is 6.30. The van der Waals surface area contributed by atoms with Gasteiger partial charge < -0.3 is 5.32 Å². The third-order valence-electron chi connectivity index (χ3n) is 4.47. The first-order chi connectivity index (χ1) is 12.5. The molecule has 2 heterocycles. The molecule has 0 saturated carbocycles. The molecule has 0 bridgehead atoms. The number of nitrogens with one attached hydrogen (secondary N) is 1. The van der Waals surface area contributed by atoms with E-state index in [-0.39, 0.29) is 5.69 Å². The Morgan fingerprint density at radius 3 is 2.77 bits per heavy atom. The van der Waals surface area contributed by atoms with Crippen LogP contribution in [-0.4, -0.2) is 21.2 Å². The van der Waals surface area contributed by atoms with Crippen molar-refractivity contribution in [2.75, 3.05) is 11.9 Å². The fraction of sp³-hybridized carbons (Fsp3) is 0.167. The fourth-order valence-electron chi connectivity index (χ4n) is 3.19. The first kappa shape index (κ1) is 16.9. The molecule has 0 atom stereocenters. The van der Waals surface area contributed by atoms with Crippen molar-refractivity contribution in [2.45, 2.75) is 13.3 Å². The van der Waals surface area contributed by atoms with Crippen molar-refractivity contribution in [3.8, 4) is 16.9 Å². The Morgan fingerprint density at radius 1 is 1.23 bits per heavy atom. The predicted octanol–water partition coefficient (Wildman–Crippen LogP) is 5.03. The van der Waals surface area contributed by atoms with Gasteiger partial charge in [-0.25, -0.2) is 4.68 Å². The van der Waals surface area contributed by atoms with E-state index in [0.29, 0.717) is 15.7 Å². The van der Waals surface area contributed by atoms with Crippen LogP contribution in [-0.2, 0) is 6.42 Å². The molecule has 0 spiro atoms. The number of nitro groups is 1. The molecule has 4 rings (SSSR count). The lowest BCUT2D eigenvalue weighted by Crippen LogP contribution is -2.06. The number of anilines is 1. The molecule has 0 fully saturated rings. The Hall–Kier alpha value is -2.57. The molecule has 2 aromatic carbocycles. The highest BCUT2D eigenvalue weighted by Crippen LogP contribution is 2.39. The van der Waals surface area contributed by atoms with Gasteiger partial charge in [-0.1, -0.05) is 29.3 Å². The third-order valence-corrected chi connectivity index (χ3v) is 5.02. The van der Waals surface area contributed by atoms with E-state index in [0.717, 1.165) is 41.2 Å². The summed E-state index contributed by atoms with van der Waals surface area (Å²) in [4.78, 5) is 10.8. The lowest BCUT2D eigenvalue weighted by atomic mass is 10.1. The summed E-state index contributed by atoms with van der Waals surface area (Å²) in [5.41, 5.74) is 4.18. The number of fused-ring (bicyclic) bond motifs is 1. The average Bonchev–Trinajstić information content (AvgIpc) is 3.18. The van der Waals surface area contributed by atoms with E-state index < -0.39 is 4.92 Å². The molecule has 1 aliphatic heterocycles. The van der Waals surface area contributed by atoms with Gasteiger partial charge in [0.05, 0.1) is 21.3 Å². The number of rotatable bonds is 3. The summed E-state index contributed by atoms with van der Waals surface area (Å²) < 4.78 is 1.73. The number of aryl methyl sites for hydroxylation is 1. The minimum absolute atomic E-state index is 0.0268. The number of nitro benzene ring substituents is 1. The summed E-state index contributed by atoms with van der Waals surface area (Å²) >= 11 is 12.4. The Morgan fingerprint density at radius 2 is 2.04 bits per heavy atom. The van der Waals surface area contributed by atoms with E-state index in [4.69, 9.17) is 28.3 Å². The van der Waals surface area contributed by atoms with Gasteiger partial charge in [-0.15, -0.1) is 0 Å². The summed E-state index contributed by atoms with van der Waals surface area (Å²) in [5.74, 6) is 0.842. The zero-order valence-electron chi connectivity index (χ0n) is 13.8. The van der Waals surface area contributed by atoms with Gasteiger partial charge in [0, 0.05) is 34.8 Å². The summed E-state index contributed by atoms with van der Waals surface area (Å²) in [6, 6.07) is 10.1. The van der Waals surface area contributed by atoms with Gasteiger partial charge in [-0.05, 0) is 37.1 Å². The maximum atomic E-state index is 11.2. The fourth-order valence-corrected chi connectivity index (χ4v) is 3.68. The number of nitrogens with zero attached hydrogens (tertiary/aromatic N) is 3. The SMILES string of the molecule is Cc1ccc([N+](=O)[O-])cc1-n1nc(-c2ccc(Cl)cc2Cl)c2c1NCC2. The highest BCUT2D eigenvalue weighted by molar-refractivity contribution is 6.36. The van der Waals surface area contributed by atoms with Crippen molar-refractivity contribution in [1.82, 2.24) is 9.78 Å². The highest BCUT2D eigenvalue weighted by atomic mass is 35.5. The second-order valence-electron chi connectivity index (χ2n) is 6.12. The lowest BCUT2D eigenvalue weighted by Gasteiger charge is -2.09. The van der Waals surface area contributed by atoms with Crippen LogP contribution in [0.2, 0.25) is 10.0 Å². The summed E-state index contributed by atoms with van der Waals surface area (Å²) in [6.45, 7) is 2.68. The Labute approximate surface area is 159 Å². The molecule has 1 aromatic heterocycles. The van der Waals surface area contributed by atoms with Crippen LogP contribution >= 0.6 is 23.2 Å². The number of hydrogen-bond donors (Lipinski definition) is 1. The summed E-state index contributed by atoms with van der Waals surface area (Å²) in [6.07, 6.45) is 0.803. The largest absolute Gasteiger partial charge is 0.369 e. The van der Waals surface area contributed by atoms with Crippen molar-refractivity contribution in [3.05, 3.63) is 67.7 Å². The Kier molecular flexibility index (Phi) is 4.09. The van der Waals surface area contributed by atoms with Gasteiger partial charge in [0.2, 0.25) is 0 Å². The molecule has 1 aliphatic rings. The highest BCUT2D eigenvalue weighted by Gasteiger charge is 2.26. The number of benzene rings is 2. The summed E-state index contributed by atoms with van der Waals surface area (Å²) in [5, 5.41) is 20.3. The molecular weight excluding hydrogens is 375 g/mol. The minimum atomic E-state index is -0.406. The molecule has 6 nitrogen and oxygen atoms in total. The van der Waals surface area contributed by atoms with Crippen LogP contribution in [0.15, 0.2) is 36.4 Å². The smallest absolute Gasteiger partial charge is 0.271 e. The van der Waals surface area contributed by atoms with Crippen molar-refractivity contribution >= 4 is 34.7 Å². The molecule has 8 heteroatoms. The first-order valence-corrected chi connectivity index (χ1v) is 8.78. The van der Waals surface area contributed by atoms with E-state index in [1.807, 2.05) is 13.0 Å². The van der Waals surface area contributed by atoms with Gasteiger partial charge in [-0.3, -0.25) is 10.1 Å². The zero-order chi connectivity index (χ0) is 18.4. The molecule has 1 N–H and O–H groups in total. The Balaban J connectivity index is 1.93. The van der Waals surface area contributed by atoms with Crippen molar-refractivity contribution in [1.29, 1.82) is 0 Å². The molecule has 132 valence electrons. The molecule has 0 unspecified atom stereocenters. The minimum Gasteiger partial charge on any atom is -0.369 e. The summed E-state index contributed by atoms with van der Waals surface area (Å²) in [7, 11) is 0. The number of aromatic nitrogens is 2. The molecule has 26 heavy (non-hydrogen) atoms. The lowest BCUT2D eigenvalue weighted by molar-refractivity contribution is -0.384. The number of non-ortho nitro benzene ring substituents is 1. The molecule has 0 aliphatic carbocycles. The van der Waals surface area contributed by atoms with Gasteiger partial charge in [0.15, 0.2) is 0 Å². The van der Waals surface area contributed by atoms with Crippen LogP contribution < -0.4 is 5.32 Å². The van der Waals surface area contributed by atoms with Crippen molar-refractivity contribution < 1.29 is 4.92 Å². The van der Waals surface area contributed by atoms with E-state index >= 15 is 0 Å². The van der Waals surface area contributed by atoms with Gasteiger partial charge in [0.25, 0.3) is 5.69 Å². The third kappa shape index (κ3) is 2.71. The van der Waals surface area contributed by atoms with Crippen molar-refractivity contribution in [3.63, 3.8) is 0 Å². The number of hydrogen-bond acceptors (Lipinski definition) is 4. The van der Waals surface area contributed by atoms with Gasteiger partial charge >= 0.3 is 0 Å². The van der Waals surface area contributed by atoms with Crippen molar-refractivity contribution in [2.24, 2.45) is 0 Å². The van der Waals surface area contributed by atoms with Crippen LogP contribution in [0.1, 0.15) is 11.1 Å². The molecule has 0 radical (unpaired) electrons. The first-order valence-electron chi connectivity index (χ1n) is 8.02. The van der Waals surface area contributed by atoms with E-state index in [9.17, 15) is 10.1 Å². The van der Waals surface area contributed by atoms with Crippen LogP contribution in [0.5, 0.6) is 0 Å². The molecule has 0 amide bonds. The normalized spacial score (nSPS) is 12.7. The Bertz CT molecular complexity index is 1050. The monoisotopic (exact) mass is 388 g/mol. The van der Waals surface area contributed by atoms with Crippen LogP contribution in [0.25, 0.3) is 16.9 Å². The number of halogens is 2. The average molecular weight is 389 g/mol. The molecule has 0 saturated heterocycles. The van der Waals surface area contributed by atoms with Gasteiger partial charge in [-0.2, -0.15) is 5.10 Å². The van der Waals surface area contributed by atoms with E-state index in [1.165, 1.54) is 12.1 Å². The maximum Gasteiger partial charge on any atom is 0.271 e. The zero-order valence-corrected chi connectivity index (χ0v) is 15.3. The van der Waals surface area contributed by atoms with E-state index in [1.54, 1.807) is 22.9 Å². The van der Waals surface area contributed by atoms with Crippen LogP contribution in [0.4, 0.5) is 11.5 Å². The van der Waals surface area contributed by atoms with Gasteiger partial charge in [0.1, 0.15) is 5.82 Å². The predicted molar refractivity (Wildman–Crippen MR) is 103 cm³/mol. The maximum absolute atomic E-state index is 11.2. The second-order valence-corrected chi connectivity index (χ2v) is 6.96. The topological polar surface area (TPSA) is 73.0 Å². The standard InChI is InChI=1S/C18H14Cl2N4O2/c1-10-2-4-12(24(25)26)9-16(10)23-18-14(6-7-21-18)17(22-23)13-5-3-11(19)8-15(13)20/h2-5,8-9,21H,6-7H2,1H3.